The van der Waals surface area contributed by atoms with Crippen molar-refractivity contribution in [2.24, 2.45) is 0 Å². The van der Waals surface area contributed by atoms with Crippen molar-refractivity contribution >= 4 is 17.7 Å². The Kier molecular flexibility index (Phi) is 6.52. The van der Waals surface area contributed by atoms with Crippen LogP contribution in [0.2, 0.25) is 0 Å². The van der Waals surface area contributed by atoms with E-state index in [1.165, 1.54) is 4.90 Å². The number of fused-ring (bicyclic) bond motifs is 3. The predicted molar refractivity (Wildman–Crippen MR) is 123 cm³/mol. The van der Waals surface area contributed by atoms with E-state index >= 15 is 0 Å². The van der Waals surface area contributed by atoms with Crippen LogP contribution >= 0.6 is 0 Å². The number of benzene rings is 3. The van der Waals surface area contributed by atoms with Crippen LogP contribution in [0.3, 0.4) is 0 Å². The number of carbonyl (C=O) groups excluding carboxylic acids is 2. The molecule has 0 heterocycles. The SMILES string of the molecule is CN(CCCC(=O)Nc1ccc(CO)cc1)C(=O)OC1c2ccccc2-c2ccccc21. The molecule has 0 aliphatic heterocycles. The van der Waals surface area contributed by atoms with Gasteiger partial charge in [-0.3, -0.25) is 4.79 Å². The third-order valence-corrected chi connectivity index (χ3v) is 5.62. The van der Waals surface area contributed by atoms with Crippen LogP contribution in [0.4, 0.5) is 10.5 Å². The standard InChI is InChI=1S/C26H26N2O4/c1-28(16-6-11-24(30)27-19-14-12-18(17-29)13-15-19)26(31)32-25-22-9-4-2-7-20(22)21-8-3-5-10-23(21)25/h2-5,7-10,12-15,25,29H,6,11,16-17H2,1H3,(H,27,30). The summed E-state index contributed by atoms with van der Waals surface area (Å²) in [6.07, 6.45) is -0.0394. The van der Waals surface area contributed by atoms with Gasteiger partial charge in [-0.25, -0.2) is 4.79 Å². The number of ether oxygens (including phenoxy) is 1. The Hall–Kier alpha value is -3.64. The molecule has 32 heavy (non-hydrogen) atoms. The number of aliphatic hydroxyl groups excluding tert-OH is 1. The molecule has 0 aromatic heterocycles. The van der Waals surface area contributed by atoms with Crippen molar-refractivity contribution in [1.82, 2.24) is 4.90 Å². The van der Waals surface area contributed by atoms with E-state index in [9.17, 15) is 9.59 Å². The molecule has 0 fully saturated rings. The third-order valence-electron chi connectivity index (χ3n) is 5.62. The van der Waals surface area contributed by atoms with Crippen molar-refractivity contribution in [3.63, 3.8) is 0 Å². The number of hydrogen-bond acceptors (Lipinski definition) is 4. The van der Waals surface area contributed by atoms with E-state index in [2.05, 4.69) is 5.32 Å². The van der Waals surface area contributed by atoms with Crippen LogP contribution in [-0.2, 0) is 16.1 Å². The maximum absolute atomic E-state index is 12.7. The fraction of sp³-hybridized carbons (Fsp3) is 0.231. The summed E-state index contributed by atoms with van der Waals surface area (Å²) in [5, 5.41) is 11.9. The van der Waals surface area contributed by atoms with E-state index in [1.54, 1.807) is 31.3 Å². The summed E-state index contributed by atoms with van der Waals surface area (Å²) in [5.74, 6) is -0.123. The minimum atomic E-state index is -0.428. The highest BCUT2D eigenvalue weighted by Crippen LogP contribution is 2.45. The molecule has 0 saturated carbocycles. The number of aliphatic hydroxyl groups is 1. The lowest BCUT2D eigenvalue weighted by Gasteiger charge is -2.21. The maximum Gasteiger partial charge on any atom is 0.410 e. The highest BCUT2D eigenvalue weighted by Gasteiger charge is 2.31. The molecule has 1 aliphatic carbocycles. The lowest BCUT2D eigenvalue weighted by atomic mass is 10.1. The van der Waals surface area contributed by atoms with E-state index < -0.39 is 12.2 Å². The molecule has 0 unspecified atom stereocenters. The quantitative estimate of drug-likeness (QED) is 0.568. The molecular formula is C26H26N2O4. The van der Waals surface area contributed by atoms with E-state index in [-0.39, 0.29) is 18.9 Å². The Balaban J connectivity index is 1.29. The number of carbonyl (C=O) groups is 2. The van der Waals surface area contributed by atoms with Gasteiger partial charge in [-0.15, -0.1) is 0 Å². The monoisotopic (exact) mass is 430 g/mol. The van der Waals surface area contributed by atoms with Crippen molar-refractivity contribution in [3.8, 4) is 11.1 Å². The molecule has 1 aliphatic rings. The van der Waals surface area contributed by atoms with Crippen molar-refractivity contribution in [2.45, 2.75) is 25.6 Å². The second-order valence-electron chi connectivity index (χ2n) is 7.87. The van der Waals surface area contributed by atoms with E-state index in [0.717, 1.165) is 27.8 Å². The van der Waals surface area contributed by atoms with Crippen LogP contribution < -0.4 is 5.32 Å². The van der Waals surface area contributed by atoms with Crippen LogP contribution in [0.15, 0.2) is 72.8 Å². The molecule has 0 radical (unpaired) electrons. The highest BCUT2D eigenvalue weighted by atomic mass is 16.6. The summed E-state index contributed by atoms with van der Waals surface area (Å²) in [6, 6.07) is 23.0. The minimum Gasteiger partial charge on any atom is -0.436 e. The van der Waals surface area contributed by atoms with Gasteiger partial charge in [0.15, 0.2) is 6.10 Å². The van der Waals surface area contributed by atoms with Gasteiger partial charge in [0.1, 0.15) is 0 Å². The number of amides is 2. The Morgan fingerprint density at radius 3 is 2.12 bits per heavy atom. The van der Waals surface area contributed by atoms with Crippen LogP contribution in [0.5, 0.6) is 0 Å². The first-order chi connectivity index (χ1) is 15.6. The molecule has 6 heteroatoms. The van der Waals surface area contributed by atoms with E-state index in [1.807, 2.05) is 48.5 Å². The number of anilines is 1. The molecule has 3 aromatic carbocycles. The minimum absolute atomic E-state index is 0.0330. The second-order valence-corrected chi connectivity index (χ2v) is 7.87. The molecule has 3 aromatic rings. The Labute approximate surface area is 187 Å². The average Bonchev–Trinajstić information content (AvgIpc) is 3.13. The Morgan fingerprint density at radius 2 is 1.53 bits per heavy atom. The molecule has 2 N–H and O–H groups in total. The first-order valence-electron chi connectivity index (χ1n) is 10.7. The van der Waals surface area contributed by atoms with Gasteiger partial charge >= 0.3 is 6.09 Å². The molecule has 2 amide bonds. The first-order valence-corrected chi connectivity index (χ1v) is 10.7. The zero-order valence-corrected chi connectivity index (χ0v) is 18.0. The van der Waals surface area contributed by atoms with Gasteiger partial charge in [0.05, 0.1) is 6.61 Å². The fourth-order valence-corrected chi connectivity index (χ4v) is 3.91. The van der Waals surface area contributed by atoms with Crippen LogP contribution in [-0.4, -0.2) is 35.6 Å². The van der Waals surface area contributed by atoms with Gasteiger partial charge < -0.3 is 20.1 Å². The zero-order valence-electron chi connectivity index (χ0n) is 18.0. The predicted octanol–water partition coefficient (Wildman–Crippen LogP) is 4.74. The summed E-state index contributed by atoms with van der Waals surface area (Å²) in [7, 11) is 1.68. The van der Waals surface area contributed by atoms with E-state index in [4.69, 9.17) is 9.84 Å². The van der Waals surface area contributed by atoms with Gasteiger partial charge in [-0.2, -0.15) is 0 Å². The molecule has 6 nitrogen and oxygen atoms in total. The maximum atomic E-state index is 12.7. The summed E-state index contributed by atoms with van der Waals surface area (Å²) in [5.41, 5.74) is 5.62. The molecule has 0 atom stereocenters. The largest absolute Gasteiger partial charge is 0.436 e. The summed E-state index contributed by atoms with van der Waals surface area (Å²) in [4.78, 5) is 26.4. The molecule has 0 spiro atoms. The van der Waals surface area contributed by atoms with Gasteiger partial charge in [0, 0.05) is 36.8 Å². The Morgan fingerprint density at radius 1 is 0.938 bits per heavy atom. The van der Waals surface area contributed by atoms with Crippen LogP contribution in [0.25, 0.3) is 11.1 Å². The third kappa shape index (κ3) is 4.65. The van der Waals surface area contributed by atoms with Crippen molar-refractivity contribution in [1.29, 1.82) is 0 Å². The van der Waals surface area contributed by atoms with Crippen molar-refractivity contribution < 1.29 is 19.4 Å². The van der Waals surface area contributed by atoms with Crippen molar-refractivity contribution in [3.05, 3.63) is 89.5 Å². The Bertz CT molecular complexity index is 1070. The van der Waals surface area contributed by atoms with E-state index in [0.29, 0.717) is 18.7 Å². The lowest BCUT2D eigenvalue weighted by molar-refractivity contribution is -0.116. The number of nitrogens with zero attached hydrogens (tertiary/aromatic N) is 1. The topological polar surface area (TPSA) is 78.9 Å². The van der Waals surface area contributed by atoms with Gasteiger partial charge in [0.2, 0.25) is 5.91 Å². The second kappa shape index (κ2) is 9.66. The normalized spacial score (nSPS) is 12.1. The molecule has 164 valence electrons. The lowest BCUT2D eigenvalue weighted by Crippen LogP contribution is -2.30. The molecule has 0 bridgehead atoms. The summed E-state index contributed by atoms with van der Waals surface area (Å²) in [6.45, 7) is 0.375. The van der Waals surface area contributed by atoms with Gasteiger partial charge in [-0.1, -0.05) is 60.7 Å². The number of nitrogens with one attached hydrogen (secondary N) is 1. The van der Waals surface area contributed by atoms with Crippen LogP contribution in [0, 0.1) is 0 Å². The smallest absolute Gasteiger partial charge is 0.410 e. The van der Waals surface area contributed by atoms with Gasteiger partial charge in [-0.05, 0) is 35.2 Å². The average molecular weight is 431 g/mol. The molecular weight excluding hydrogens is 404 g/mol. The van der Waals surface area contributed by atoms with Crippen molar-refractivity contribution in [2.75, 3.05) is 18.9 Å². The van der Waals surface area contributed by atoms with Gasteiger partial charge in [0.25, 0.3) is 0 Å². The molecule has 4 rings (SSSR count). The molecule has 0 saturated heterocycles. The van der Waals surface area contributed by atoms with Crippen LogP contribution in [0.1, 0.15) is 35.6 Å². The number of rotatable bonds is 7. The first kappa shape index (κ1) is 21.6. The summed E-state index contributed by atoms with van der Waals surface area (Å²) < 4.78 is 5.87. The highest BCUT2D eigenvalue weighted by molar-refractivity contribution is 5.90. The summed E-state index contributed by atoms with van der Waals surface area (Å²) >= 11 is 0. The zero-order chi connectivity index (χ0) is 22.5. The fourth-order valence-electron chi connectivity index (χ4n) is 3.91. The number of hydrogen-bond donors (Lipinski definition) is 2.